The van der Waals surface area contributed by atoms with E-state index in [9.17, 15) is 18.4 Å². The van der Waals surface area contributed by atoms with E-state index in [0.29, 0.717) is 50.7 Å². The maximum atomic E-state index is 14.7. The van der Waals surface area contributed by atoms with Crippen LogP contribution in [0.25, 0.3) is 22.0 Å². The summed E-state index contributed by atoms with van der Waals surface area (Å²) in [6, 6.07) is 11.4. The highest BCUT2D eigenvalue weighted by Gasteiger charge is 2.22. The summed E-state index contributed by atoms with van der Waals surface area (Å²) in [6.07, 6.45) is 0. The van der Waals surface area contributed by atoms with Crippen molar-refractivity contribution in [1.82, 2.24) is 14.7 Å². The van der Waals surface area contributed by atoms with Crippen molar-refractivity contribution in [2.75, 3.05) is 12.4 Å². The summed E-state index contributed by atoms with van der Waals surface area (Å²) in [7, 11) is 1.49. The molecule has 0 atom stereocenters. The summed E-state index contributed by atoms with van der Waals surface area (Å²) in [5.41, 5.74) is 3.56. The number of hydrogen-bond acceptors (Lipinski definition) is 6. The lowest BCUT2D eigenvalue weighted by Crippen LogP contribution is -2.30. The van der Waals surface area contributed by atoms with Crippen LogP contribution < -0.4 is 15.6 Å². The molecule has 0 unspecified atom stereocenters. The molecule has 1 N–H and O–H groups in total. The monoisotopic (exact) mass is 544 g/mol. The number of pyridine rings is 2. The normalized spacial score (nSPS) is 11.2. The van der Waals surface area contributed by atoms with Gasteiger partial charge in [-0.3, -0.25) is 14.6 Å². The predicted octanol–water partition coefficient (Wildman–Crippen LogP) is 5.87. The molecule has 1 amide bonds. The maximum Gasteiger partial charge on any atom is 0.264 e. The van der Waals surface area contributed by atoms with Crippen LogP contribution in [0.5, 0.6) is 5.75 Å². The molecule has 0 fully saturated rings. The zero-order valence-electron chi connectivity index (χ0n) is 22.6. The molecule has 0 spiro atoms. The summed E-state index contributed by atoms with van der Waals surface area (Å²) in [5, 5.41) is 7.32. The molecule has 3 aromatic heterocycles. The Labute approximate surface area is 228 Å². The number of amides is 1. The van der Waals surface area contributed by atoms with E-state index in [4.69, 9.17) is 9.26 Å². The van der Waals surface area contributed by atoms with Crippen LogP contribution in [0.3, 0.4) is 0 Å². The number of hydrogen-bond donors (Lipinski definition) is 1. The van der Waals surface area contributed by atoms with E-state index in [2.05, 4.69) is 15.5 Å². The molecule has 0 aliphatic carbocycles. The zero-order chi connectivity index (χ0) is 28.7. The van der Waals surface area contributed by atoms with Gasteiger partial charge in [0, 0.05) is 45.7 Å². The van der Waals surface area contributed by atoms with Crippen molar-refractivity contribution in [3.63, 3.8) is 0 Å². The molecule has 40 heavy (non-hydrogen) atoms. The highest BCUT2D eigenvalue weighted by atomic mass is 19.1. The van der Waals surface area contributed by atoms with Gasteiger partial charge in [-0.05, 0) is 58.0 Å². The first-order valence-corrected chi connectivity index (χ1v) is 12.4. The van der Waals surface area contributed by atoms with Crippen molar-refractivity contribution >= 4 is 22.5 Å². The van der Waals surface area contributed by atoms with Gasteiger partial charge in [-0.15, -0.1) is 0 Å². The minimum Gasteiger partial charge on any atom is -0.496 e. The molecule has 2 aromatic carbocycles. The number of nitrogens with zero attached hydrogens (tertiary/aromatic N) is 3. The van der Waals surface area contributed by atoms with Gasteiger partial charge in [0.25, 0.3) is 11.5 Å². The Morgan fingerprint density at radius 3 is 2.38 bits per heavy atom. The molecular formula is C30H26F2N4O4. The molecule has 5 aromatic rings. The second-order valence-electron chi connectivity index (χ2n) is 9.59. The zero-order valence-corrected chi connectivity index (χ0v) is 22.6. The van der Waals surface area contributed by atoms with Crippen molar-refractivity contribution in [2.24, 2.45) is 0 Å². The van der Waals surface area contributed by atoms with Crippen LogP contribution in [0.1, 0.15) is 38.8 Å². The number of methoxy groups -OCH3 is 1. The fraction of sp³-hybridized carbons (Fsp3) is 0.200. The molecule has 0 radical (unpaired) electrons. The van der Waals surface area contributed by atoms with E-state index in [0.717, 1.165) is 17.7 Å². The summed E-state index contributed by atoms with van der Waals surface area (Å²) >= 11 is 0. The molecule has 0 bridgehead atoms. The number of aromatic nitrogens is 3. The first-order valence-electron chi connectivity index (χ1n) is 12.4. The lowest BCUT2D eigenvalue weighted by Gasteiger charge is -2.17. The Morgan fingerprint density at radius 2 is 1.75 bits per heavy atom. The molecule has 8 nitrogen and oxygen atoms in total. The van der Waals surface area contributed by atoms with Crippen LogP contribution in [0, 0.1) is 39.3 Å². The average Bonchev–Trinajstić information content (AvgIpc) is 3.22. The third kappa shape index (κ3) is 4.95. The largest absolute Gasteiger partial charge is 0.496 e. The van der Waals surface area contributed by atoms with Crippen molar-refractivity contribution in [3.05, 3.63) is 104 Å². The summed E-state index contributed by atoms with van der Waals surface area (Å²) in [6.45, 7) is 6.92. The van der Waals surface area contributed by atoms with E-state index in [-0.39, 0.29) is 17.7 Å². The number of anilines is 1. The summed E-state index contributed by atoms with van der Waals surface area (Å²) in [4.78, 5) is 31.5. The quantitative estimate of drug-likeness (QED) is 0.287. The Hall–Kier alpha value is -4.86. The van der Waals surface area contributed by atoms with Gasteiger partial charge >= 0.3 is 0 Å². The van der Waals surface area contributed by atoms with Gasteiger partial charge in [0.05, 0.1) is 30.4 Å². The highest BCUT2D eigenvalue weighted by Crippen LogP contribution is 2.37. The molecule has 0 aliphatic heterocycles. The van der Waals surface area contributed by atoms with Gasteiger partial charge in [-0.25, -0.2) is 8.78 Å². The fourth-order valence-corrected chi connectivity index (χ4v) is 4.88. The van der Waals surface area contributed by atoms with E-state index in [1.165, 1.54) is 23.8 Å². The molecule has 0 aliphatic rings. The van der Waals surface area contributed by atoms with Gasteiger partial charge in [0.2, 0.25) is 0 Å². The van der Waals surface area contributed by atoms with Crippen molar-refractivity contribution in [2.45, 2.75) is 34.2 Å². The van der Waals surface area contributed by atoms with E-state index >= 15 is 0 Å². The Kier molecular flexibility index (Phi) is 6.93. The van der Waals surface area contributed by atoms with Gasteiger partial charge < -0.3 is 19.1 Å². The standard InChI is InChI=1S/C30H26F2N4O4/c1-15-8-22(9-16(2)33-15)34-29(37)24-11-20-10-23(28-17(3)35-40-18(28)4)27(39-5)13-26(20)36(30(24)38)14-19-6-7-21(31)12-25(19)32/h6-13H,14H2,1-5H3,(H,33,34,37). The number of benzene rings is 2. The van der Waals surface area contributed by atoms with Crippen molar-refractivity contribution < 1.29 is 22.8 Å². The number of halogens is 2. The second kappa shape index (κ2) is 10.4. The summed E-state index contributed by atoms with van der Waals surface area (Å²) < 4.78 is 40.6. The molecular weight excluding hydrogens is 518 g/mol. The topological polar surface area (TPSA) is 99.2 Å². The third-order valence-electron chi connectivity index (χ3n) is 6.65. The van der Waals surface area contributed by atoms with Gasteiger partial charge in [0.1, 0.15) is 28.7 Å². The van der Waals surface area contributed by atoms with Crippen molar-refractivity contribution in [1.29, 1.82) is 0 Å². The van der Waals surface area contributed by atoms with Crippen LogP contribution >= 0.6 is 0 Å². The molecule has 0 saturated carbocycles. The number of carbonyl (C=O) groups is 1. The predicted molar refractivity (Wildman–Crippen MR) is 147 cm³/mol. The molecule has 3 heterocycles. The number of aryl methyl sites for hydroxylation is 4. The van der Waals surface area contributed by atoms with Crippen molar-refractivity contribution in [3.8, 4) is 16.9 Å². The number of rotatable bonds is 6. The minimum atomic E-state index is -0.808. The lowest BCUT2D eigenvalue weighted by molar-refractivity contribution is 0.102. The molecule has 204 valence electrons. The van der Waals surface area contributed by atoms with E-state index in [1.54, 1.807) is 52.0 Å². The summed E-state index contributed by atoms with van der Waals surface area (Å²) in [5.74, 6) is -1.19. The number of ether oxygens (including phenoxy) is 1. The molecule has 10 heteroatoms. The first kappa shape index (κ1) is 26.7. The van der Waals surface area contributed by atoms with Gasteiger partial charge in [0.15, 0.2) is 0 Å². The van der Waals surface area contributed by atoms with Crippen LogP contribution in [-0.4, -0.2) is 27.7 Å². The minimum absolute atomic E-state index is 0.0801. The smallest absolute Gasteiger partial charge is 0.264 e. The number of carbonyl (C=O) groups excluding carboxylic acids is 1. The molecule has 0 saturated heterocycles. The van der Waals surface area contributed by atoms with Gasteiger partial charge in [-0.1, -0.05) is 11.2 Å². The number of fused-ring (bicyclic) bond motifs is 1. The lowest BCUT2D eigenvalue weighted by atomic mass is 9.99. The van der Waals surface area contributed by atoms with Crippen LogP contribution in [0.4, 0.5) is 14.5 Å². The first-order chi connectivity index (χ1) is 19.0. The van der Waals surface area contributed by atoms with Crippen LogP contribution in [-0.2, 0) is 6.54 Å². The third-order valence-corrected chi connectivity index (χ3v) is 6.65. The van der Waals surface area contributed by atoms with Crippen LogP contribution in [0.2, 0.25) is 0 Å². The average molecular weight is 545 g/mol. The highest BCUT2D eigenvalue weighted by molar-refractivity contribution is 6.06. The van der Waals surface area contributed by atoms with Gasteiger partial charge in [-0.2, -0.15) is 0 Å². The molecule has 5 rings (SSSR count). The maximum absolute atomic E-state index is 14.7. The van der Waals surface area contributed by atoms with E-state index in [1.807, 2.05) is 0 Å². The Balaban J connectivity index is 1.74. The number of nitrogens with one attached hydrogen (secondary N) is 1. The Bertz CT molecular complexity index is 1820. The fourth-order valence-electron chi connectivity index (χ4n) is 4.88. The van der Waals surface area contributed by atoms with Crippen LogP contribution in [0.15, 0.2) is 57.8 Å². The Morgan fingerprint density at radius 1 is 1.02 bits per heavy atom. The SMILES string of the molecule is COc1cc2c(cc1-c1c(C)noc1C)cc(C(=O)Nc1cc(C)nc(C)c1)c(=O)n2Cc1ccc(F)cc1F. The second-order valence-corrected chi connectivity index (χ2v) is 9.59. The van der Waals surface area contributed by atoms with E-state index < -0.39 is 23.1 Å².